The van der Waals surface area contributed by atoms with Gasteiger partial charge in [0, 0.05) is 31.6 Å². The lowest BCUT2D eigenvalue weighted by Crippen LogP contribution is -2.66. The van der Waals surface area contributed by atoms with Gasteiger partial charge in [-0.25, -0.2) is 9.59 Å². The molecule has 1 saturated carbocycles. The van der Waals surface area contributed by atoms with E-state index in [0.29, 0.717) is 39.1 Å². The molecule has 9 nitrogen and oxygen atoms in total. The second kappa shape index (κ2) is 10.5. The molecular formula is C29H40O9. The van der Waals surface area contributed by atoms with E-state index in [1.54, 1.807) is 32.3 Å². The van der Waals surface area contributed by atoms with Crippen LogP contribution in [0.15, 0.2) is 36.0 Å². The summed E-state index contributed by atoms with van der Waals surface area (Å²) in [5.74, 6) is -1.49. The van der Waals surface area contributed by atoms with E-state index >= 15 is 0 Å². The second-order valence-electron chi connectivity index (χ2n) is 11.7. The van der Waals surface area contributed by atoms with Gasteiger partial charge in [0.2, 0.25) is 0 Å². The minimum atomic E-state index is -1.29. The highest BCUT2D eigenvalue weighted by Crippen LogP contribution is 2.72. The quantitative estimate of drug-likeness (QED) is 0.326. The maximum Gasteiger partial charge on any atom is 0.335 e. The van der Waals surface area contributed by atoms with E-state index in [1.807, 2.05) is 0 Å². The molecule has 0 aromatic carbocycles. The maximum atomic E-state index is 13.1. The van der Waals surface area contributed by atoms with Crippen LogP contribution < -0.4 is 0 Å². The number of carbonyl (C=O) groups is 2. The number of aliphatic hydroxyl groups excluding tert-OH is 1. The van der Waals surface area contributed by atoms with Gasteiger partial charge in [-0.3, -0.25) is 0 Å². The molecule has 0 amide bonds. The summed E-state index contributed by atoms with van der Waals surface area (Å²) in [6.07, 6.45) is 8.50. The van der Waals surface area contributed by atoms with Crippen molar-refractivity contribution in [1.82, 2.24) is 0 Å². The molecule has 3 fully saturated rings. The fourth-order valence-corrected chi connectivity index (χ4v) is 7.04. The molecule has 5 rings (SSSR count). The first kappa shape index (κ1) is 27.5. The van der Waals surface area contributed by atoms with Crippen molar-refractivity contribution in [3.05, 3.63) is 36.0 Å². The lowest BCUT2D eigenvalue weighted by Gasteiger charge is -2.58. The number of esters is 2. The van der Waals surface area contributed by atoms with Crippen molar-refractivity contribution in [3.8, 4) is 0 Å². The van der Waals surface area contributed by atoms with Crippen LogP contribution in [0.5, 0.6) is 0 Å². The fraction of sp³-hybridized carbons (Fsp3) is 0.724. The summed E-state index contributed by atoms with van der Waals surface area (Å²) in [5.41, 5.74) is -0.707. The summed E-state index contributed by atoms with van der Waals surface area (Å²) in [4.78, 5) is 26.1. The van der Waals surface area contributed by atoms with Crippen LogP contribution in [0, 0.1) is 16.7 Å². The first-order valence-electron chi connectivity index (χ1n) is 13.6. The Balaban J connectivity index is 1.49. The van der Waals surface area contributed by atoms with Crippen LogP contribution in [0.3, 0.4) is 0 Å². The monoisotopic (exact) mass is 532 g/mol. The number of methoxy groups -OCH3 is 1. The summed E-state index contributed by atoms with van der Waals surface area (Å²) >= 11 is 0. The Labute approximate surface area is 224 Å². The Hall–Kier alpha value is -2.04. The molecule has 2 bridgehead atoms. The van der Waals surface area contributed by atoms with Crippen molar-refractivity contribution in [1.29, 1.82) is 0 Å². The largest absolute Gasteiger partial charge is 0.463 e. The van der Waals surface area contributed by atoms with Gasteiger partial charge in [-0.15, -0.1) is 0 Å². The van der Waals surface area contributed by atoms with Gasteiger partial charge in [-0.1, -0.05) is 43.7 Å². The topological polar surface area (TPSA) is 113 Å². The van der Waals surface area contributed by atoms with Gasteiger partial charge in [-0.2, -0.15) is 0 Å². The zero-order valence-corrected chi connectivity index (χ0v) is 22.7. The molecular weight excluding hydrogens is 492 g/mol. The van der Waals surface area contributed by atoms with Crippen molar-refractivity contribution in [2.24, 2.45) is 16.7 Å². The zero-order chi connectivity index (χ0) is 27.1. The molecule has 4 unspecified atom stereocenters. The third kappa shape index (κ3) is 4.46. The number of hydrogen-bond acceptors (Lipinski definition) is 9. The van der Waals surface area contributed by atoms with Crippen LogP contribution in [-0.2, 0) is 38.0 Å². The number of cyclic esters (lactones) is 1. The van der Waals surface area contributed by atoms with Crippen molar-refractivity contribution >= 4 is 11.9 Å². The van der Waals surface area contributed by atoms with Crippen molar-refractivity contribution in [2.75, 3.05) is 33.5 Å². The third-order valence-corrected chi connectivity index (χ3v) is 9.63. The molecule has 2 aliphatic carbocycles. The van der Waals surface area contributed by atoms with Gasteiger partial charge < -0.3 is 33.5 Å². The Morgan fingerprint density at radius 1 is 1.18 bits per heavy atom. The third-order valence-electron chi connectivity index (χ3n) is 9.63. The van der Waals surface area contributed by atoms with Crippen LogP contribution in [0.1, 0.15) is 46.5 Å². The molecule has 0 aromatic rings. The lowest BCUT2D eigenvalue weighted by molar-refractivity contribution is -0.234. The number of epoxide rings is 1. The van der Waals surface area contributed by atoms with Crippen molar-refractivity contribution < 1.29 is 43.1 Å². The predicted octanol–water partition coefficient (Wildman–Crippen LogP) is 2.66. The molecule has 2 saturated heterocycles. The lowest BCUT2D eigenvalue weighted by atomic mass is 9.51. The van der Waals surface area contributed by atoms with Crippen LogP contribution in [0.2, 0.25) is 0 Å². The van der Waals surface area contributed by atoms with Crippen LogP contribution >= 0.6 is 0 Å². The highest BCUT2D eigenvalue weighted by molar-refractivity contribution is 5.82. The molecule has 38 heavy (non-hydrogen) atoms. The van der Waals surface area contributed by atoms with E-state index < -0.39 is 40.6 Å². The summed E-state index contributed by atoms with van der Waals surface area (Å²) < 4.78 is 35.8. The van der Waals surface area contributed by atoms with E-state index in [0.717, 1.165) is 6.42 Å². The molecule has 210 valence electrons. The summed E-state index contributed by atoms with van der Waals surface area (Å²) in [6, 6.07) is 0. The molecule has 0 aromatic heterocycles. The summed E-state index contributed by atoms with van der Waals surface area (Å²) in [7, 11) is 1.58. The summed E-state index contributed by atoms with van der Waals surface area (Å²) in [6.45, 7) is 7.18. The van der Waals surface area contributed by atoms with E-state index in [4.69, 9.17) is 28.4 Å². The minimum Gasteiger partial charge on any atom is -0.463 e. The smallest absolute Gasteiger partial charge is 0.335 e. The van der Waals surface area contributed by atoms with Crippen LogP contribution in [0.25, 0.3) is 0 Å². The predicted molar refractivity (Wildman–Crippen MR) is 136 cm³/mol. The Morgan fingerprint density at radius 3 is 2.71 bits per heavy atom. The molecule has 0 radical (unpaired) electrons. The fourth-order valence-electron chi connectivity index (χ4n) is 7.04. The molecule has 2 spiro atoms. The van der Waals surface area contributed by atoms with Gasteiger partial charge in [0.25, 0.3) is 0 Å². The molecule has 5 aliphatic rings. The van der Waals surface area contributed by atoms with Gasteiger partial charge in [0.15, 0.2) is 6.10 Å². The standard InChI is InChI=1S/C29H40O9/c1-18-9-11-28-16-35-26(32)25(31)19(2)10-12-34-20(15-33-4)7-5-6-8-24(30)38-21-14-23(37-22(28)13-18)29(17-36-29)27(21,28)3/h5-8,13,19-23,25,31H,9-12,14-17H2,1-4H3/b7-5+,8-6-/t19?,20?,21-,22?,23-,25-,27-,28-,29?/m1/s1. The average Bonchev–Trinajstić information content (AvgIpc) is 3.67. The molecule has 1 N–H and O–H groups in total. The highest BCUT2D eigenvalue weighted by Gasteiger charge is 2.83. The average molecular weight is 533 g/mol. The van der Waals surface area contributed by atoms with Gasteiger partial charge >= 0.3 is 11.9 Å². The summed E-state index contributed by atoms with van der Waals surface area (Å²) in [5, 5.41) is 10.8. The van der Waals surface area contributed by atoms with Crippen molar-refractivity contribution in [3.63, 3.8) is 0 Å². The highest BCUT2D eigenvalue weighted by atomic mass is 16.6. The molecule has 3 heterocycles. The minimum absolute atomic E-state index is 0.0391. The van der Waals surface area contributed by atoms with Crippen molar-refractivity contribution in [2.45, 2.75) is 82.6 Å². The number of carbonyl (C=O) groups excluding carboxylic acids is 2. The second-order valence-corrected chi connectivity index (χ2v) is 11.7. The molecule has 9 heteroatoms. The number of aliphatic hydroxyl groups is 1. The Morgan fingerprint density at radius 2 is 1.97 bits per heavy atom. The first-order valence-corrected chi connectivity index (χ1v) is 13.6. The van der Waals surface area contributed by atoms with E-state index in [2.05, 4.69) is 19.9 Å². The van der Waals surface area contributed by atoms with Gasteiger partial charge in [-0.05, 0) is 32.1 Å². The Bertz CT molecular complexity index is 1010. The molecule has 9 atom stereocenters. The number of ether oxygens (including phenoxy) is 6. The van der Waals surface area contributed by atoms with E-state index in [1.165, 1.54) is 11.6 Å². The van der Waals surface area contributed by atoms with E-state index in [-0.39, 0.29) is 30.8 Å². The van der Waals surface area contributed by atoms with Gasteiger partial charge in [0.05, 0.1) is 36.9 Å². The van der Waals surface area contributed by atoms with Gasteiger partial charge in [0.1, 0.15) is 18.3 Å². The zero-order valence-electron chi connectivity index (χ0n) is 22.7. The van der Waals surface area contributed by atoms with Crippen LogP contribution in [0.4, 0.5) is 0 Å². The number of hydrogen-bond donors (Lipinski definition) is 1. The van der Waals surface area contributed by atoms with E-state index in [9.17, 15) is 14.7 Å². The SMILES string of the molecule is COCC1/C=C/C=C\C(=O)O[C@@H]2C[C@H]3OC4C=C(C)CC[C@]4(COC(=O)[C@H](O)C(C)CCO1)[C@]2(C)C31CO1. The van der Waals surface area contributed by atoms with Crippen LogP contribution in [-0.4, -0.2) is 86.7 Å². The normalized spacial score (nSPS) is 47.1. The maximum absolute atomic E-state index is 13.1. The first-order chi connectivity index (χ1) is 18.2. The number of rotatable bonds is 2. The Kier molecular flexibility index (Phi) is 7.61. The molecule has 3 aliphatic heterocycles. The number of allylic oxidation sites excluding steroid dienone is 3.